The molecule has 0 bridgehead atoms. The first-order valence-electron chi connectivity index (χ1n) is 10.2. The van der Waals surface area contributed by atoms with Crippen molar-refractivity contribution < 1.29 is 14.3 Å². The zero-order valence-corrected chi connectivity index (χ0v) is 16.8. The number of carbonyl (C=O) groups excluding carboxylic acids is 1. The molecule has 0 unspecified atom stereocenters. The number of anilines is 1. The number of fused-ring (bicyclic) bond motifs is 2. The fraction of sp³-hybridized carbons (Fsp3) is 0.600. The Balaban J connectivity index is 1.43. The van der Waals surface area contributed by atoms with Gasteiger partial charge in [0.15, 0.2) is 0 Å². The molecule has 0 radical (unpaired) electrons. The largest absolute Gasteiger partial charge is 0.481 e. The lowest BCUT2D eigenvalue weighted by molar-refractivity contribution is -0.142. The Morgan fingerprint density at radius 3 is 2.45 bits per heavy atom. The Morgan fingerprint density at radius 1 is 1.14 bits per heavy atom. The third kappa shape index (κ3) is 2.99. The molecule has 2 aromatic heterocycles. The molecule has 0 atom stereocenters. The minimum absolute atomic E-state index is 0.205. The highest BCUT2D eigenvalue weighted by Gasteiger charge is 2.51. The highest BCUT2D eigenvalue weighted by atomic mass is 16.5. The standard InChI is InChI=1S/C20H26N6O3/c1-28-15-11-16(29-2)24-19(23-15)25-9-6-20(7-10-25)17-14(21-12-22-17)5-8-26(20)18(27)13-3-4-13/h11-13H,3-10H2,1-2H3,(H,21,22). The summed E-state index contributed by atoms with van der Waals surface area (Å²) >= 11 is 0. The van der Waals surface area contributed by atoms with Crippen molar-refractivity contribution in [2.45, 2.75) is 37.6 Å². The van der Waals surface area contributed by atoms with Crippen molar-refractivity contribution in [2.75, 3.05) is 38.8 Å². The average molecular weight is 398 g/mol. The van der Waals surface area contributed by atoms with E-state index in [1.807, 2.05) is 0 Å². The molecule has 1 amide bonds. The summed E-state index contributed by atoms with van der Waals surface area (Å²) < 4.78 is 10.6. The van der Waals surface area contributed by atoms with E-state index < -0.39 is 0 Å². The third-order valence-corrected chi connectivity index (χ3v) is 6.41. The molecule has 1 N–H and O–H groups in total. The van der Waals surface area contributed by atoms with Gasteiger partial charge in [0, 0.05) is 37.7 Å². The first kappa shape index (κ1) is 18.2. The number of hydrogen-bond donors (Lipinski definition) is 1. The van der Waals surface area contributed by atoms with Gasteiger partial charge in [-0.05, 0) is 25.7 Å². The van der Waals surface area contributed by atoms with Crippen LogP contribution in [0, 0.1) is 5.92 Å². The zero-order valence-electron chi connectivity index (χ0n) is 16.8. The maximum absolute atomic E-state index is 13.1. The predicted molar refractivity (Wildman–Crippen MR) is 105 cm³/mol. The van der Waals surface area contributed by atoms with Gasteiger partial charge < -0.3 is 24.3 Å². The van der Waals surface area contributed by atoms with Gasteiger partial charge in [0.1, 0.15) is 0 Å². The Bertz CT molecular complexity index is 894. The molecule has 154 valence electrons. The number of ether oxygens (including phenoxy) is 2. The number of nitrogens with zero attached hydrogens (tertiary/aromatic N) is 5. The molecule has 1 aliphatic carbocycles. The summed E-state index contributed by atoms with van der Waals surface area (Å²) in [5.41, 5.74) is 1.87. The molecular formula is C20H26N6O3. The average Bonchev–Trinajstić information content (AvgIpc) is 3.50. The molecule has 1 saturated carbocycles. The van der Waals surface area contributed by atoms with E-state index in [2.05, 4.69) is 29.7 Å². The summed E-state index contributed by atoms with van der Waals surface area (Å²) in [5.74, 6) is 2.05. The first-order valence-corrected chi connectivity index (χ1v) is 10.2. The summed E-state index contributed by atoms with van der Waals surface area (Å²) in [4.78, 5) is 34.3. The lowest BCUT2D eigenvalue weighted by Gasteiger charge is -2.50. The number of H-pyrrole nitrogens is 1. The van der Waals surface area contributed by atoms with Crippen molar-refractivity contribution in [3.63, 3.8) is 0 Å². The van der Waals surface area contributed by atoms with Gasteiger partial charge in [0.05, 0.1) is 37.8 Å². The van der Waals surface area contributed by atoms with E-state index in [1.165, 1.54) is 0 Å². The molecular weight excluding hydrogens is 372 g/mol. The van der Waals surface area contributed by atoms with Gasteiger partial charge in [-0.2, -0.15) is 9.97 Å². The van der Waals surface area contributed by atoms with Gasteiger partial charge in [-0.1, -0.05) is 0 Å². The van der Waals surface area contributed by atoms with Crippen LogP contribution in [0.1, 0.15) is 37.1 Å². The van der Waals surface area contributed by atoms with Crippen LogP contribution in [0.15, 0.2) is 12.4 Å². The molecule has 2 aromatic rings. The molecule has 1 saturated heterocycles. The normalized spacial score (nSPS) is 20.5. The molecule has 29 heavy (non-hydrogen) atoms. The summed E-state index contributed by atoms with van der Waals surface area (Å²) in [5, 5.41) is 0. The van der Waals surface area contributed by atoms with Crippen molar-refractivity contribution in [2.24, 2.45) is 5.92 Å². The second kappa shape index (κ2) is 6.89. The Kier molecular flexibility index (Phi) is 4.33. The van der Waals surface area contributed by atoms with Crippen LogP contribution in [0.5, 0.6) is 11.8 Å². The lowest BCUT2D eigenvalue weighted by Crippen LogP contribution is -2.59. The van der Waals surface area contributed by atoms with Gasteiger partial charge in [0.2, 0.25) is 23.6 Å². The Hall–Kier alpha value is -2.84. The number of amides is 1. The lowest BCUT2D eigenvalue weighted by atomic mass is 9.78. The second-order valence-electron chi connectivity index (χ2n) is 8.02. The van der Waals surface area contributed by atoms with Crippen LogP contribution < -0.4 is 14.4 Å². The molecule has 1 spiro atoms. The van der Waals surface area contributed by atoms with Crippen LogP contribution in [0.4, 0.5) is 5.95 Å². The van der Waals surface area contributed by atoms with E-state index in [0.717, 1.165) is 63.1 Å². The Morgan fingerprint density at radius 2 is 1.83 bits per heavy atom. The van der Waals surface area contributed by atoms with Crippen molar-refractivity contribution >= 4 is 11.9 Å². The molecule has 2 fully saturated rings. The summed E-state index contributed by atoms with van der Waals surface area (Å²) in [6.07, 6.45) is 6.23. The van der Waals surface area contributed by atoms with E-state index in [0.29, 0.717) is 23.6 Å². The minimum atomic E-state index is -0.341. The van der Waals surface area contributed by atoms with Crippen LogP contribution in [-0.2, 0) is 16.8 Å². The van der Waals surface area contributed by atoms with Crippen LogP contribution in [0.2, 0.25) is 0 Å². The van der Waals surface area contributed by atoms with Gasteiger partial charge in [0.25, 0.3) is 0 Å². The van der Waals surface area contributed by atoms with Gasteiger partial charge >= 0.3 is 0 Å². The van der Waals surface area contributed by atoms with Crippen molar-refractivity contribution in [3.8, 4) is 11.8 Å². The van der Waals surface area contributed by atoms with Crippen molar-refractivity contribution in [1.82, 2.24) is 24.8 Å². The molecule has 4 heterocycles. The highest BCUT2D eigenvalue weighted by molar-refractivity contribution is 5.82. The van der Waals surface area contributed by atoms with Gasteiger partial charge in [-0.25, -0.2) is 4.98 Å². The predicted octanol–water partition coefficient (Wildman–Crippen LogP) is 1.51. The van der Waals surface area contributed by atoms with Gasteiger partial charge in [-0.3, -0.25) is 4.79 Å². The maximum Gasteiger partial charge on any atom is 0.231 e. The highest BCUT2D eigenvalue weighted by Crippen LogP contribution is 2.45. The second-order valence-corrected chi connectivity index (χ2v) is 8.02. The number of carbonyl (C=O) groups is 1. The van der Waals surface area contributed by atoms with Gasteiger partial charge in [-0.15, -0.1) is 0 Å². The van der Waals surface area contributed by atoms with E-state index in [-0.39, 0.29) is 11.5 Å². The van der Waals surface area contributed by atoms with Crippen LogP contribution >= 0.6 is 0 Å². The van der Waals surface area contributed by atoms with E-state index in [4.69, 9.17) is 9.47 Å². The number of rotatable bonds is 4. The topological polar surface area (TPSA) is 96.5 Å². The number of imidazole rings is 1. The fourth-order valence-corrected chi connectivity index (χ4v) is 4.68. The number of aromatic nitrogens is 4. The van der Waals surface area contributed by atoms with E-state index >= 15 is 0 Å². The zero-order chi connectivity index (χ0) is 20.0. The minimum Gasteiger partial charge on any atom is -0.481 e. The smallest absolute Gasteiger partial charge is 0.231 e. The third-order valence-electron chi connectivity index (χ3n) is 6.41. The molecule has 2 aliphatic heterocycles. The first-order chi connectivity index (χ1) is 14.1. The fourth-order valence-electron chi connectivity index (χ4n) is 4.68. The molecule has 9 heteroatoms. The number of piperidine rings is 1. The maximum atomic E-state index is 13.1. The number of methoxy groups -OCH3 is 2. The summed E-state index contributed by atoms with van der Waals surface area (Å²) in [6, 6.07) is 1.67. The van der Waals surface area contributed by atoms with E-state index in [9.17, 15) is 4.79 Å². The quantitative estimate of drug-likeness (QED) is 0.834. The van der Waals surface area contributed by atoms with Crippen LogP contribution in [0.3, 0.4) is 0 Å². The van der Waals surface area contributed by atoms with Crippen LogP contribution in [0.25, 0.3) is 0 Å². The number of aromatic amines is 1. The number of hydrogen-bond acceptors (Lipinski definition) is 7. The summed E-state index contributed by atoms with van der Waals surface area (Å²) in [7, 11) is 3.17. The summed E-state index contributed by atoms with van der Waals surface area (Å²) in [6.45, 7) is 2.22. The van der Waals surface area contributed by atoms with Crippen molar-refractivity contribution in [1.29, 1.82) is 0 Å². The molecule has 0 aromatic carbocycles. The molecule has 9 nitrogen and oxygen atoms in total. The monoisotopic (exact) mass is 398 g/mol. The van der Waals surface area contributed by atoms with Crippen LogP contribution in [-0.4, -0.2) is 64.6 Å². The number of nitrogens with one attached hydrogen (secondary N) is 1. The SMILES string of the molecule is COc1cc(OC)nc(N2CCC3(CC2)c2nc[nH]c2CCN3C(=O)C2CC2)n1. The molecule has 3 aliphatic rings. The Labute approximate surface area is 169 Å². The molecule has 5 rings (SSSR count). The van der Waals surface area contributed by atoms with Crippen molar-refractivity contribution in [3.05, 3.63) is 23.8 Å². The van der Waals surface area contributed by atoms with E-state index in [1.54, 1.807) is 26.6 Å².